The molecule has 0 spiro atoms. The molecule has 1 saturated carbocycles. The maximum atomic E-state index is 10.4. The Kier molecular flexibility index (Phi) is 7.69. The van der Waals surface area contributed by atoms with E-state index in [2.05, 4.69) is 46.0 Å². The van der Waals surface area contributed by atoms with Crippen LogP contribution >= 0.6 is 0 Å². The summed E-state index contributed by atoms with van der Waals surface area (Å²) in [5.41, 5.74) is 0.983. The predicted octanol–water partition coefficient (Wildman–Crippen LogP) is 6.64. The van der Waals surface area contributed by atoms with E-state index in [1.807, 2.05) is 30.3 Å². The molecule has 0 bridgehead atoms. The first kappa shape index (κ1) is 21.4. The maximum absolute atomic E-state index is 10.4. The van der Waals surface area contributed by atoms with Gasteiger partial charge < -0.3 is 9.53 Å². The van der Waals surface area contributed by atoms with Crippen molar-refractivity contribution in [2.24, 2.45) is 5.92 Å². The van der Waals surface area contributed by atoms with Crippen molar-refractivity contribution < 1.29 is 9.53 Å². The van der Waals surface area contributed by atoms with E-state index in [-0.39, 0.29) is 11.1 Å². The number of aliphatic hydroxyl groups is 1. The van der Waals surface area contributed by atoms with Crippen LogP contribution < -0.4 is 0 Å². The third kappa shape index (κ3) is 6.07. The molecule has 3 heteroatoms. The SMILES string of the molecule is CC(C)(C)[Si](C)(C)O[C@H](/C=C/C[C@@H](O)c1ccccc1)C1CCCCC1. The van der Waals surface area contributed by atoms with Crippen LogP contribution in [0.5, 0.6) is 0 Å². The van der Waals surface area contributed by atoms with Gasteiger partial charge in [-0.2, -0.15) is 0 Å². The average Bonchev–Trinajstić information content (AvgIpc) is 2.61. The zero-order valence-corrected chi connectivity index (χ0v) is 18.4. The van der Waals surface area contributed by atoms with Crippen molar-refractivity contribution in [2.75, 3.05) is 0 Å². The van der Waals surface area contributed by atoms with Crippen molar-refractivity contribution in [3.63, 3.8) is 0 Å². The summed E-state index contributed by atoms with van der Waals surface area (Å²) in [5, 5.41) is 10.6. The first-order chi connectivity index (χ1) is 12.2. The van der Waals surface area contributed by atoms with Gasteiger partial charge in [0.1, 0.15) is 0 Å². The van der Waals surface area contributed by atoms with Gasteiger partial charge in [0.15, 0.2) is 8.32 Å². The molecule has 0 unspecified atom stereocenters. The van der Waals surface area contributed by atoms with Crippen LogP contribution in [0, 0.1) is 5.92 Å². The fourth-order valence-corrected chi connectivity index (χ4v) is 4.73. The number of hydrogen-bond acceptors (Lipinski definition) is 2. The summed E-state index contributed by atoms with van der Waals surface area (Å²) in [6.45, 7) is 11.6. The lowest BCUT2D eigenvalue weighted by atomic mass is 9.85. The van der Waals surface area contributed by atoms with Crippen molar-refractivity contribution >= 4 is 8.32 Å². The highest BCUT2D eigenvalue weighted by Crippen LogP contribution is 2.40. The molecule has 0 aromatic heterocycles. The summed E-state index contributed by atoms with van der Waals surface area (Å²) >= 11 is 0. The van der Waals surface area contributed by atoms with Gasteiger partial charge in [-0.15, -0.1) is 0 Å². The second kappa shape index (κ2) is 9.34. The van der Waals surface area contributed by atoms with E-state index in [1.54, 1.807) is 0 Å². The molecular weight excluding hydrogens is 336 g/mol. The van der Waals surface area contributed by atoms with E-state index in [9.17, 15) is 5.11 Å². The van der Waals surface area contributed by atoms with E-state index in [0.29, 0.717) is 12.3 Å². The summed E-state index contributed by atoms with van der Waals surface area (Å²) < 4.78 is 6.80. The van der Waals surface area contributed by atoms with Crippen LogP contribution in [-0.4, -0.2) is 19.5 Å². The molecule has 1 aliphatic carbocycles. The maximum Gasteiger partial charge on any atom is 0.192 e. The smallest absolute Gasteiger partial charge is 0.192 e. The molecule has 1 aromatic rings. The van der Waals surface area contributed by atoms with Gasteiger partial charge in [-0.3, -0.25) is 0 Å². The lowest BCUT2D eigenvalue weighted by Crippen LogP contribution is -2.45. The van der Waals surface area contributed by atoms with E-state index in [1.165, 1.54) is 32.1 Å². The molecule has 26 heavy (non-hydrogen) atoms. The van der Waals surface area contributed by atoms with Crippen LogP contribution in [0.15, 0.2) is 42.5 Å². The van der Waals surface area contributed by atoms with Gasteiger partial charge in [-0.1, -0.05) is 82.5 Å². The third-order valence-corrected chi connectivity index (χ3v) is 10.7. The highest BCUT2D eigenvalue weighted by atomic mass is 28.4. The Morgan fingerprint density at radius 3 is 2.31 bits per heavy atom. The van der Waals surface area contributed by atoms with E-state index in [0.717, 1.165) is 5.56 Å². The Labute approximate surface area is 161 Å². The lowest BCUT2D eigenvalue weighted by Gasteiger charge is -2.41. The second-order valence-corrected chi connectivity index (χ2v) is 14.1. The molecule has 0 amide bonds. The molecular formula is C23H38O2Si. The quantitative estimate of drug-likeness (QED) is 0.428. The second-order valence-electron chi connectivity index (χ2n) is 9.33. The molecule has 0 heterocycles. The van der Waals surface area contributed by atoms with Crippen LogP contribution in [0.25, 0.3) is 0 Å². The standard InChI is InChI=1S/C23H38O2Si/c1-23(2,3)26(4,5)25-22(20-15-10-7-11-16-20)18-12-17-21(24)19-13-8-6-9-14-19/h6,8-9,12-14,18,20-22,24H,7,10-11,15-17H2,1-5H3/b18-12+/t21-,22-/m1/s1. The monoisotopic (exact) mass is 374 g/mol. The molecule has 2 rings (SSSR count). The Bertz CT molecular complexity index is 553. The van der Waals surface area contributed by atoms with Crippen LogP contribution in [0.2, 0.25) is 18.1 Å². The van der Waals surface area contributed by atoms with Crippen LogP contribution in [0.3, 0.4) is 0 Å². The van der Waals surface area contributed by atoms with Gasteiger partial charge in [0, 0.05) is 0 Å². The fourth-order valence-electron chi connectivity index (χ4n) is 3.43. The fraction of sp³-hybridized carbons (Fsp3) is 0.652. The van der Waals surface area contributed by atoms with Gasteiger partial charge in [0.2, 0.25) is 0 Å². The molecule has 1 aliphatic rings. The van der Waals surface area contributed by atoms with Crippen LogP contribution in [0.4, 0.5) is 0 Å². The topological polar surface area (TPSA) is 29.5 Å². The first-order valence-corrected chi connectivity index (χ1v) is 13.2. The molecule has 1 fully saturated rings. The normalized spacial score (nSPS) is 19.6. The summed E-state index contributed by atoms with van der Waals surface area (Å²) in [6, 6.07) is 9.92. The highest BCUT2D eigenvalue weighted by Gasteiger charge is 2.40. The third-order valence-electron chi connectivity index (χ3n) is 6.22. The molecule has 0 aliphatic heterocycles. The largest absolute Gasteiger partial charge is 0.410 e. The minimum absolute atomic E-state index is 0.194. The minimum Gasteiger partial charge on any atom is -0.410 e. The van der Waals surface area contributed by atoms with Gasteiger partial charge in [-0.25, -0.2) is 0 Å². The van der Waals surface area contributed by atoms with Gasteiger partial charge in [0.25, 0.3) is 0 Å². The molecule has 0 saturated heterocycles. The van der Waals surface area contributed by atoms with Crippen molar-refractivity contribution in [3.8, 4) is 0 Å². The summed E-state index contributed by atoms with van der Waals surface area (Å²) in [5.74, 6) is 0.628. The van der Waals surface area contributed by atoms with Crippen LogP contribution in [-0.2, 0) is 4.43 Å². The molecule has 1 N–H and O–H groups in total. The van der Waals surface area contributed by atoms with Gasteiger partial charge >= 0.3 is 0 Å². The number of aliphatic hydroxyl groups excluding tert-OH is 1. The number of rotatable bonds is 7. The lowest BCUT2D eigenvalue weighted by molar-refractivity contribution is 0.131. The summed E-state index contributed by atoms with van der Waals surface area (Å²) in [7, 11) is -1.81. The molecule has 2 nitrogen and oxygen atoms in total. The summed E-state index contributed by atoms with van der Waals surface area (Å²) in [6.07, 6.45) is 11.3. The summed E-state index contributed by atoms with van der Waals surface area (Å²) in [4.78, 5) is 0. The molecule has 2 atom stereocenters. The Hall–Kier alpha value is -0.903. The van der Waals surface area contributed by atoms with E-state index < -0.39 is 14.4 Å². The van der Waals surface area contributed by atoms with Crippen molar-refractivity contribution in [1.82, 2.24) is 0 Å². The first-order valence-electron chi connectivity index (χ1n) is 10.3. The van der Waals surface area contributed by atoms with Gasteiger partial charge in [-0.05, 0) is 48.9 Å². The predicted molar refractivity (Wildman–Crippen MR) is 114 cm³/mol. The van der Waals surface area contributed by atoms with E-state index >= 15 is 0 Å². The molecule has 146 valence electrons. The molecule has 0 radical (unpaired) electrons. The Morgan fingerprint density at radius 2 is 1.73 bits per heavy atom. The zero-order valence-electron chi connectivity index (χ0n) is 17.4. The van der Waals surface area contributed by atoms with Gasteiger partial charge in [0.05, 0.1) is 12.2 Å². The van der Waals surface area contributed by atoms with E-state index in [4.69, 9.17) is 4.43 Å². The Balaban J connectivity index is 2.05. The van der Waals surface area contributed by atoms with Crippen molar-refractivity contribution in [1.29, 1.82) is 0 Å². The molecule has 1 aromatic carbocycles. The van der Waals surface area contributed by atoms with Crippen molar-refractivity contribution in [3.05, 3.63) is 48.0 Å². The average molecular weight is 375 g/mol. The highest BCUT2D eigenvalue weighted by molar-refractivity contribution is 6.74. The van der Waals surface area contributed by atoms with Crippen molar-refractivity contribution in [2.45, 2.75) is 89.6 Å². The number of hydrogen-bond donors (Lipinski definition) is 1. The zero-order chi connectivity index (χ0) is 19.2. The minimum atomic E-state index is -1.81. The Morgan fingerprint density at radius 1 is 1.12 bits per heavy atom. The van der Waals surface area contributed by atoms with Crippen LogP contribution in [0.1, 0.15) is 71.0 Å². The number of benzene rings is 1.